The predicted molar refractivity (Wildman–Crippen MR) is 103 cm³/mol. The first kappa shape index (κ1) is 23.9. The van der Waals surface area contributed by atoms with Gasteiger partial charge in [-0.1, -0.05) is 18.6 Å². The molecule has 3 rings (SSSR count). The van der Waals surface area contributed by atoms with E-state index in [1.54, 1.807) is 0 Å². The zero-order chi connectivity index (χ0) is 22.1. The minimum atomic E-state index is -5.08. The number of carbonyl (C=O) groups is 2. The number of urea groups is 1. The summed E-state index contributed by atoms with van der Waals surface area (Å²) >= 11 is 0. The van der Waals surface area contributed by atoms with E-state index in [2.05, 4.69) is 16.0 Å². The fraction of sp³-hybridized carbons (Fsp3) is 0.600. The highest BCUT2D eigenvalue weighted by atomic mass is 19.4. The quantitative estimate of drug-likeness (QED) is 0.537. The minimum absolute atomic E-state index is 0.0691. The number of nitrogens with one attached hydrogen (secondary N) is 3. The van der Waals surface area contributed by atoms with Gasteiger partial charge in [0.2, 0.25) is 0 Å². The molecular weight excluding hydrogens is 406 g/mol. The largest absolute Gasteiger partial charge is 0.490 e. The molecule has 1 saturated heterocycles. The minimum Gasteiger partial charge on any atom is -0.475 e. The van der Waals surface area contributed by atoms with Gasteiger partial charge in [-0.3, -0.25) is 0 Å². The van der Waals surface area contributed by atoms with Crippen molar-refractivity contribution >= 4 is 12.0 Å². The molecule has 2 amide bonds. The first-order valence-electron chi connectivity index (χ1n) is 9.94. The summed E-state index contributed by atoms with van der Waals surface area (Å²) in [6.45, 7) is 3.28. The third-order valence-corrected chi connectivity index (χ3v) is 5.45. The Morgan fingerprint density at radius 1 is 1.07 bits per heavy atom. The Morgan fingerprint density at radius 2 is 1.67 bits per heavy atom. The summed E-state index contributed by atoms with van der Waals surface area (Å²) < 4.78 is 44.8. The molecule has 30 heavy (non-hydrogen) atoms. The van der Waals surface area contributed by atoms with E-state index in [9.17, 15) is 22.4 Å². The summed E-state index contributed by atoms with van der Waals surface area (Å²) in [5, 5.41) is 16.5. The van der Waals surface area contributed by atoms with Crippen molar-refractivity contribution in [2.75, 3.05) is 26.2 Å². The first-order chi connectivity index (χ1) is 14.2. The standard InChI is InChI=1S/C18H26FN3O.C2HF3O2/c19-16-6-4-14(5-7-16)17-8-9-20-11-15(17)12-22-18(23)21-10-13-2-1-3-13;3-2(4,5)1(6)7/h4-7,13,15,17,20H,1-3,8-12H2,(H2,21,22,23);(H,6,7)/t15-,17+;/m1./s1. The van der Waals surface area contributed by atoms with Crippen molar-refractivity contribution in [3.05, 3.63) is 35.6 Å². The highest BCUT2D eigenvalue weighted by Gasteiger charge is 2.38. The van der Waals surface area contributed by atoms with Crippen molar-refractivity contribution in [3.8, 4) is 0 Å². The number of benzene rings is 1. The van der Waals surface area contributed by atoms with E-state index < -0.39 is 12.1 Å². The van der Waals surface area contributed by atoms with E-state index in [0.29, 0.717) is 24.3 Å². The van der Waals surface area contributed by atoms with Crippen LogP contribution in [0.2, 0.25) is 0 Å². The maximum absolute atomic E-state index is 13.1. The van der Waals surface area contributed by atoms with E-state index in [1.165, 1.54) is 31.4 Å². The second-order valence-electron chi connectivity index (χ2n) is 7.60. The third-order valence-electron chi connectivity index (χ3n) is 5.45. The number of carboxylic acid groups (broad SMARTS) is 1. The summed E-state index contributed by atoms with van der Waals surface area (Å²) in [7, 11) is 0. The van der Waals surface area contributed by atoms with Crippen LogP contribution < -0.4 is 16.0 Å². The molecule has 0 bridgehead atoms. The predicted octanol–water partition coefficient (Wildman–Crippen LogP) is 3.25. The molecule has 1 aromatic carbocycles. The van der Waals surface area contributed by atoms with Crippen molar-refractivity contribution in [2.45, 2.75) is 37.8 Å². The molecular formula is C20H27F4N3O3. The Bertz CT molecular complexity index is 694. The molecule has 10 heteroatoms. The van der Waals surface area contributed by atoms with E-state index in [4.69, 9.17) is 9.90 Å². The fourth-order valence-corrected chi connectivity index (χ4v) is 3.51. The van der Waals surface area contributed by atoms with Gasteiger partial charge >= 0.3 is 18.2 Å². The Labute approximate surface area is 172 Å². The molecule has 0 aromatic heterocycles. The molecule has 1 aromatic rings. The van der Waals surface area contributed by atoms with Gasteiger partial charge < -0.3 is 21.1 Å². The Balaban J connectivity index is 0.000000396. The number of carbonyl (C=O) groups excluding carboxylic acids is 1. The number of amides is 2. The van der Waals surface area contributed by atoms with Gasteiger partial charge in [-0.05, 0) is 61.3 Å². The lowest BCUT2D eigenvalue weighted by molar-refractivity contribution is -0.192. The molecule has 0 spiro atoms. The Hall–Kier alpha value is -2.36. The monoisotopic (exact) mass is 433 g/mol. The summed E-state index contributed by atoms with van der Waals surface area (Å²) in [6, 6.07) is 6.71. The number of rotatable bonds is 5. The zero-order valence-electron chi connectivity index (χ0n) is 16.5. The molecule has 2 aliphatic rings. The summed E-state index contributed by atoms with van der Waals surface area (Å²) in [4.78, 5) is 20.8. The number of halogens is 4. The van der Waals surface area contributed by atoms with Gasteiger partial charge in [-0.2, -0.15) is 13.2 Å². The highest BCUT2D eigenvalue weighted by Crippen LogP contribution is 2.30. The lowest BCUT2D eigenvalue weighted by atomic mass is 9.81. The van der Waals surface area contributed by atoms with E-state index in [0.717, 1.165) is 31.6 Å². The maximum atomic E-state index is 13.1. The van der Waals surface area contributed by atoms with E-state index in [-0.39, 0.29) is 11.8 Å². The van der Waals surface area contributed by atoms with Crippen LogP contribution in [-0.2, 0) is 4.79 Å². The molecule has 6 nitrogen and oxygen atoms in total. The van der Waals surface area contributed by atoms with Crippen LogP contribution in [0.15, 0.2) is 24.3 Å². The topological polar surface area (TPSA) is 90.5 Å². The second kappa shape index (κ2) is 11.1. The number of aliphatic carboxylic acids is 1. The van der Waals surface area contributed by atoms with E-state index >= 15 is 0 Å². The van der Waals surface area contributed by atoms with Gasteiger partial charge in [0.15, 0.2) is 0 Å². The van der Waals surface area contributed by atoms with Gasteiger partial charge in [0.1, 0.15) is 5.82 Å². The molecule has 1 saturated carbocycles. The second-order valence-corrected chi connectivity index (χ2v) is 7.60. The molecule has 2 atom stereocenters. The average molecular weight is 433 g/mol. The SMILES string of the molecule is O=C(NCC1CCC1)NC[C@H]1CNCC[C@H]1c1ccc(F)cc1.O=C(O)C(F)(F)F. The van der Waals surface area contributed by atoms with E-state index in [1.807, 2.05) is 12.1 Å². The number of piperidine rings is 1. The van der Waals surface area contributed by atoms with Crippen LogP contribution in [0.3, 0.4) is 0 Å². The van der Waals surface area contributed by atoms with Gasteiger partial charge in [-0.25, -0.2) is 14.0 Å². The van der Waals surface area contributed by atoms with Gasteiger partial charge in [0.05, 0.1) is 0 Å². The van der Waals surface area contributed by atoms with Crippen LogP contribution in [0.25, 0.3) is 0 Å². The van der Waals surface area contributed by atoms with Gasteiger partial charge in [-0.15, -0.1) is 0 Å². The van der Waals surface area contributed by atoms with Gasteiger partial charge in [0.25, 0.3) is 0 Å². The molecule has 1 aliphatic heterocycles. The van der Waals surface area contributed by atoms with Crippen molar-refractivity contribution < 1.29 is 32.3 Å². The lowest BCUT2D eigenvalue weighted by Gasteiger charge is -2.33. The third kappa shape index (κ3) is 7.81. The summed E-state index contributed by atoms with van der Waals surface area (Å²) in [5.41, 5.74) is 1.16. The smallest absolute Gasteiger partial charge is 0.475 e. The van der Waals surface area contributed by atoms with Gasteiger partial charge in [0, 0.05) is 19.6 Å². The fourth-order valence-electron chi connectivity index (χ4n) is 3.51. The number of carboxylic acids is 1. The number of alkyl halides is 3. The van der Waals surface area contributed by atoms with Crippen molar-refractivity contribution in [1.29, 1.82) is 0 Å². The molecule has 0 unspecified atom stereocenters. The first-order valence-corrected chi connectivity index (χ1v) is 9.94. The van der Waals surface area contributed by atoms with Crippen LogP contribution in [0.5, 0.6) is 0 Å². The average Bonchev–Trinajstić information content (AvgIpc) is 2.66. The number of hydrogen-bond donors (Lipinski definition) is 4. The number of hydrogen-bond acceptors (Lipinski definition) is 3. The van der Waals surface area contributed by atoms with Crippen LogP contribution in [-0.4, -0.2) is 49.5 Å². The lowest BCUT2D eigenvalue weighted by Crippen LogP contribution is -2.46. The van der Waals surface area contributed by atoms with Crippen molar-refractivity contribution in [1.82, 2.24) is 16.0 Å². The molecule has 4 N–H and O–H groups in total. The molecule has 2 fully saturated rings. The van der Waals surface area contributed by atoms with Crippen LogP contribution in [0.1, 0.15) is 37.2 Å². The van der Waals surface area contributed by atoms with Crippen LogP contribution in [0.4, 0.5) is 22.4 Å². The summed E-state index contributed by atoms with van der Waals surface area (Å²) in [6.07, 6.45) is -0.304. The van der Waals surface area contributed by atoms with Crippen LogP contribution >= 0.6 is 0 Å². The summed E-state index contributed by atoms with van der Waals surface area (Å²) in [5.74, 6) is -1.59. The zero-order valence-corrected chi connectivity index (χ0v) is 16.5. The maximum Gasteiger partial charge on any atom is 0.490 e. The van der Waals surface area contributed by atoms with Crippen LogP contribution in [0, 0.1) is 17.7 Å². The molecule has 1 heterocycles. The van der Waals surface area contributed by atoms with Crippen molar-refractivity contribution in [3.63, 3.8) is 0 Å². The normalized spacial score (nSPS) is 21.6. The highest BCUT2D eigenvalue weighted by molar-refractivity contribution is 5.73. The molecule has 0 radical (unpaired) electrons. The molecule has 1 aliphatic carbocycles. The molecule has 168 valence electrons. The van der Waals surface area contributed by atoms with Crippen molar-refractivity contribution in [2.24, 2.45) is 11.8 Å². The Kier molecular flexibility index (Phi) is 8.88. The Morgan fingerprint density at radius 3 is 2.20 bits per heavy atom.